The van der Waals surface area contributed by atoms with Gasteiger partial charge in [0.05, 0.1) is 124 Å². The van der Waals surface area contributed by atoms with Gasteiger partial charge in [-0.05, 0) is 44.5 Å². The normalized spacial score (nSPS) is 19.6. The molecule has 2 fully saturated rings. The molecule has 10 rings (SSSR count). The fourth-order valence-corrected chi connectivity index (χ4v) is 25.5. The van der Waals surface area contributed by atoms with E-state index in [0.717, 1.165) is 9.80 Å². The van der Waals surface area contributed by atoms with Gasteiger partial charge in [-0.25, -0.2) is 0 Å². The summed E-state index contributed by atoms with van der Waals surface area (Å²) in [6.45, 7) is -14.7. The van der Waals surface area contributed by atoms with Crippen LogP contribution in [0.5, 0.6) is 0 Å². The van der Waals surface area contributed by atoms with Crippen LogP contribution < -0.4 is 10.6 Å². The number of aliphatic hydroxyl groups is 9. The minimum absolute atomic E-state index is 0.280. The van der Waals surface area contributed by atoms with Crippen molar-refractivity contribution in [1.82, 2.24) is 25.3 Å². The number of ether oxygens (including phenoxy) is 4. The van der Waals surface area contributed by atoms with E-state index < -0.39 is 306 Å². The number of Topliss-reactive ketones (excluding diaryl/α,β-unsaturated/α-hetero) is 1. The van der Waals surface area contributed by atoms with Crippen molar-refractivity contribution >= 4 is 71.9 Å². The number of nitrogens with zero attached hydrogens (tertiary/aromatic N) is 3. The Bertz CT molecular complexity index is 4930. The highest BCUT2D eigenvalue weighted by Gasteiger charge is 2.58. The molecule has 8 aromatic rings. The zero-order valence-electron chi connectivity index (χ0n) is 76.1. The molecule has 0 bridgehead atoms. The number of ketones is 1. The summed E-state index contributed by atoms with van der Waals surface area (Å²) in [6.07, 6.45) is -29.0. The third-order valence-corrected chi connectivity index (χ3v) is 33.6. The summed E-state index contributed by atoms with van der Waals surface area (Å²) in [5.41, 5.74) is 3.17. The Morgan fingerprint density at radius 2 is 0.614 bits per heavy atom. The van der Waals surface area contributed by atoms with Crippen molar-refractivity contribution in [2.75, 3.05) is 85.3 Å². The van der Waals surface area contributed by atoms with Crippen LogP contribution >= 0.6 is 30.4 Å². The first kappa shape index (κ1) is 112. The van der Waals surface area contributed by atoms with Crippen molar-refractivity contribution in [3.63, 3.8) is 0 Å². The number of carbonyl (C=O) groups is 7. The molecule has 140 heavy (non-hydrogen) atoms. The molecule has 0 spiro atoms. The lowest BCUT2D eigenvalue weighted by molar-refractivity contribution is -0.342. The summed E-state index contributed by atoms with van der Waals surface area (Å²) >= 11 is 0. The van der Waals surface area contributed by atoms with Crippen molar-refractivity contribution in [3.8, 4) is 0 Å². The van der Waals surface area contributed by atoms with Crippen LogP contribution in [0.4, 0.5) is 0 Å². The molecule has 2 saturated heterocycles. The highest BCUT2D eigenvalue weighted by Crippen LogP contribution is 2.74. The van der Waals surface area contributed by atoms with Crippen molar-refractivity contribution in [3.05, 3.63) is 287 Å². The predicted molar refractivity (Wildman–Crippen MR) is 499 cm³/mol. The Hall–Kier alpha value is -9.79. The van der Waals surface area contributed by atoms with E-state index in [1.165, 1.54) is 4.90 Å². The van der Waals surface area contributed by atoms with Crippen LogP contribution in [0.1, 0.15) is 63.8 Å². The molecule has 0 radical (unpaired) electrons. The van der Waals surface area contributed by atoms with Gasteiger partial charge < -0.3 is 132 Å². The smallest absolute Gasteiger partial charge is 0.347 e. The number of rotatable bonds is 63. The minimum atomic E-state index is -5.34. The molecule has 0 saturated carbocycles. The molecule has 0 aromatic heterocycles. The average molecular weight is 2030 g/mol. The lowest BCUT2D eigenvalue weighted by Crippen LogP contribution is -2.70. The van der Waals surface area contributed by atoms with Gasteiger partial charge in [0.15, 0.2) is 23.4 Å². The standard InChI is InChI=1S/C95H119N5O36P4/c101-53-73(45-74(105)48-99(50-81(111)112)43-41-98(49-80(109)110)42-44-100(51-82(113)114)52-83(115)116)88(117)92(75(106)54-102)135-95-87(97-79(108)47-85(139(123,129-61-69-33-17-5-18-34-69)130-62-70-35-19-6-20-36-70)140(124,131-63-71-37-21-7-22-38-71)132-64-72-39-23-8-24-40-72)91(120)93(77(56-104)134-95)136-94-86(90(119)89(118)76(55-103)133-94)96-78(107)46-84(137(121,125-57-65-25-9-1-10-26-65)126-58-66-27-11-2-12-28-66)138(122,127-59-67-29-13-3-14-30-67)128-60-68-31-15-4-16-32-68/h1-40,73,75-77,84-95,101-104,106,117-120H,41-64H2,(H,96,107)(H,97,108)(H,109,110)(H,111,112)(H,113,114)(H,115,116)/t73?,75?,76?,77?,86?,87?,88-,89+,90-,91-,92+,93+,94+,95+/m1/s1. The van der Waals surface area contributed by atoms with E-state index in [0.29, 0.717) is 44.5 Å². The second kappa shape index (κ2) is 56.3. The monoisotopic (exact) mass is 2030 g/mol. The molecule has 6 unspecified atom stereocenters. The average Bonchev–Trinajstić information content (AvgIpc) is 0.768. The zero-order valence-corrected chi connectivity index (χ0v) is 79.7. The maximum absolute atomic E-state index is 16.7. The summed E-state index contributed by atoms with van der Waals surface area (Å²) in [6, 6.07) is 60.9. The van der Waals surface area contributed by atoms with E-state index in [2.05, 4.69) is 10.6 Å². The maximum atomic E-state index is 16.7. The van der Waals surface area contributed by atoms with E-state index in [1.54, 1.807) is 243 Å². The summed E-state index contributed by atoms with van der Waals surface area (Å²) in [4.78, 5) is 97.1. The molecule has 2 amide bonds. The first-order valence-corrected chi connectivity index (χ1v) is 51.1. The van der Waals surface area contributed by atoms with Crippen LogP contribution in [0.15, 0.2) is 243 Å². The molecule has 2 aliphatic heterocycles. The highest BCUT2D eigenvalue weighted by molar-refractivity contribution is 7.73. The molecule has 15 N–H and O–H groups in total. The number of amides is 2. The largest absolute Gasteiger partial charge is 0.480 e. The number of hydrogen-bond acceptors (Lipinski definition) is 35. The lowest BCUT2D eigenvalue weighted by atomic mass is 9.90. The number of carbonyl (C=O) groups excluding carboxylic acids is 3. The third-order valence-electron chi connectivity index (χ3n) is 22.6. The molecule has 2 aliphatic rings. The van der Waals surface area contributed by atoms with Crippen LogP contribution in [0, 0.1) is 5.92 Å². The Balaban J connectivity index is 1.05. The fraction of sp³-hybridized carbons (Fsp3) is 0.421. The third kappa shape index (κ3) is 34.8. The van der Waals surface area contributed by atoms with Gasteiger partial charge in [-0.3, -0.25) is 66.5 Å². The predicted octanol–water partition coefficient (Wildman–Crippen LogP) is 6.71. The second-order valence-corrected chi connectivity index (χ2v) is 42.8. The van der Waals surface area contributed by atoms with Gasteiger partial charge in [0, 0.05) is 45.1 Å². The Morgan fingerprint density at radius 1 is 0.343 bits per heavy atom. The van der Waals surface area contributed by atoms with Crippen molar-refractivity contribution in [1.29, 1.82) is 0 Å². The van der Waals surface area contributed by atoms with Crippen LogP contribution in [-0.4, -0.2) is 298 Å². The zero-order chi connectivity index (χ0) is 101. The van der Waals surface area contributed by atoms with Crippen molar-refractivity contribution in [2.24, 2.45) is 5.92 Å². The van der Waals surface area contributed by atoms with Gasteiger partial charge in [-0.1, -0.05) is 243 Å². The summed E-state index contributed by atoms with van der Waals surface area (Å²) in [5, 5.41) is 146. The van der Waals surface area contributed by atoms with Crippen LogP contribution in [0.3, 0.4) is 0 Å². The number of carboxylic acid groups (broad SMARTS) is 4. The number of hydrogen-bond donors (Lipinski definition) is 15. The Labute approximate surface area is 807 Å². The summed E-state index contributed by atoms with van der Waals surface area (Å²) < 4.78 is 142. The number of aliphatic hydroxyl groups excluding tert-OH is 9. The molecule has 2 heterocycles. The molecular formula is C95H119N5O36P4. The highest BCUT2D eigenvalue weighted by atomic mass is 31.2. The van der Waals surface area contributed by atoms with E-state index in [1.807, 2.05) is 0 Å². The topological polar surface area (TPSA) is 595 Å². The SMILES string of the molecule is O=C(O)CN(CCN(CC(=O)O)CC(=O)O)CCN(CC(=O)O)CC(=O)CC(CO)[C@@H](O)[C@@H](O[C@@H]1OC(CO)[C@H](O[C@@H]2OC(CO)[C@H](O)[C@H](O)C2NC(=O)CC(P(=O)(OCc2ccccc2)OCc2ccccc2)P(=O)(OCc2ccccc2)OCc2ccccc2)[C@H](O)C1NC(=O)CC(P(=O)(OCc1ccccc1)OCc1ccccc1)P(=O)(OCc1ccccc1)OCc1ccccc1)C(O)CO. The second-order valence-electron chi connectivity index (χ2n) is 33.1. The Kier molecular flexibility index (Phi) is 45.1. The molecular weight excluding hydrogens is 1910 g/mol. The van der Waals surface area contributed by atoms with E-state index in [4.69, 9.17) is 55.1 Å². The quantitative estimate of drug-likeness (QED) is 0.0176. The minimum Gasteiger partial charge on any atom is -0.480 e. The number of nitrogens with one attached hydrogen (secondary N) is 2. The molecule has 14 atom stereocenters. The summed E-state index contributed by atoms with van der Waals surface area (Å²) in [7, 11) is -21.1. The van der Waals surface area contributed by atoms with Gasteiger partial charge in [0.1, 0.15) is 66.7 Å². The summed E-state index contributed by atoms with van der Waals surface area (Å²) in [5.74, 6) is -11.3. The van der Waals surface area contributed by atoms with Gasteiger partial charge in [0.2, 0.25) is 11.8 Å². The molecule has 0 aliphatic carbocycles. The van der Waals surface area contributed by atoms with Gasteiger partial charge >= 0.3 is 54.3 Å². The lowest BCUT2D eigenvalue weighted by Gasteiger charge is -2.49. The van der Waals surface area contributed by atoms with Gasteiger partial charge in [-0.15, -0.1) is 0 Å². The number of benzene rings is 8. The van der Waals surface area contributed by atoms with Crippen LogP contribution in [0.2, 0.25) is 0 Å². The molecule has 45 heteroatoms. The van der Waals surface area contributed by atoms with Crippen LogP contribution in [-0.2, 0) is 160 Å². The Morgan fingerprint density at radius 3 is 0.893 bits per heavy atom. The fourth-order valence-electron chi connectivity index (χ4n) is 15.2. The molecule has 760 valence electrons. The first-order valence-electron chi connectivity index (χ1n) is 44.7. The van der Waals surface area contributed by atoms with E-state index in [-0.39, 0.29) is 19.6 Å². The van der Waals surface area contributed by atoms with Gasteiger partial charge in [0.25, 0.3) is 0 Å². The number of carboxylic acids is 4. The van der Waals surface area contributed by atoms with Gasteiger partial charge in [-0.2, -0.15) is 0 Å². The van der Waals surface area contributed by atoms with Crippen LogP contribution in [0.25, 0.3) is 0 Å². The first-order chi connectivity index (χ1) is 67.2. The van der Waals surface area contributed by atoms with Crippen molar-refractivity contribution in [2.45, 2.75) is 163 Å². The van der Waals surface area contributed by atoms with E-state index in [9.17, 15) is 90.4 Å². The number of aliphatic carboxylic acids is 4. The maximum Gasteiger partial charge on any atom is 0.347 e. The van der Waals surface area contributed by atoms with Crippen molar-refractivity contribution < 1.29 is 173 Å². The molecule has 41 nitrogen and oxygen atoms in total. The molecule has 8 aromatic carbocycles. The van der Waals surface area contributed by atoms with E-state index >= 15 is 27.8 Å².